The van der Waals surface area contributed by atoms with Gasteiger partial charge in [-0.3, -0.25) is 9.62 Å². The summed E-state index contributed by atoms with van der Waals surface area (Å²) < 4.78 is 102. The summed E-state index contributed by atoms with van der Waals surface area (Å²) in [5, 5.41) is 4.04. The highest BCUT2D eigenvalue weighted by molar-refractivity contribution is 7.99. The smallest absolute Gasteiger partial charge is 0.261 e. The number of hydrogen-bond acceptors (Lipinski definition) is 12. The molecule has 2 aliphatic rings. The molecule has 0 saturated carbocycles. The highest BCUT2D eigenvalue weighted by atomic mass is 35.5. The molecule has 0 aliphatic carbocycles. The van der Waals surface area contributed by atoms with E-state index in [-0.39, 0.29) is 34.2 Å². The molecule has 75 heavy (non-hydrogen) atoms. The molecule has 0 bridgehead atoms. The SMILES string of the molecule is C.Cc1c(S(C)(=O)=O)c(-c2cc(F)cc(N3CCN(c4ccc(NS(=O)(=O)c5ccc(N[C@H](CCN6CCN(C(C)C)CC6)CSc6ccccc6)c(S(C)(=O)=O)c5)cc4)CC3)c2)c(-c2ccc(Cl)cc2)n1C(C)C. The van der Waals surface area contributed by atoms with Crippen LogP contribution in [0.5, 0.6) is 0 Å². The lowest BCUT2D eigenvalue weighted by atomic mass is 9.99. The molecular formula is C56H71ClFN7O6S4. The van der Waals surface area contributed by atoms with Gasteiger partial charge in [-0.05, 0) is 137 Å². The Morgan fingerprint density at radius 2 is 1.31 bits per heavy atom. The molecule has 19 heteroatoms. The average Bonchev–Trinajstić information content (AvgIpc) is 3.69. The van der Waals surface area contributed by atoms with E-state index in [1.807, 2.05) is 66.9 Å². The van der Waals surface area contributed by atoms with Crippen LogP contribution in [-0.4, -0.2) is 129 Å². The van der Waals surface area contributed by atoms with Crippen molar-refractivity contribution in [3.63, 3.8) is 0 Å². The number of benzene rings is 5. The molecule has 1 atom stereocenters. The second-order valence-corrected chi connectivity index (χ2v) is 27.0. The van der Waals surface area contributed by atoms with Gasteiger partial charge < -0.3 is 24.6 Å². The predicted molar refractivity (Wildman–Crippen MR) is 309 cm³/mol. The maximum Gasteiger partial charge on any atom is 0.261 e. The lowest BCUT2D eigenvalue weighted by Crippen LogP contribution is -2.49. The zero-order valence-electron chi connectivity index (χ0n) is 43.1. The summed E-state index contributed by atoms with van der Waals surface area (Å²) in [6, 6.07) is 33.5. The van der Waals surface area contributed by atoms with Crippen LogP contribution in [0.25, 0.3) is 22.4 Å². The van der Waals surface area contributed by atoms with Crippen LogP contribution in [0, 0.1) is 12.7 Å². The Morgan fingerprint density at radius 1 is 0.680 bits per heavy atom. The van der Waals surface area contributed by atoms with E-state index in [0.29, 0.717) is 82.6 Å². The second-order valence-electron chi connectivity index (χ2n) is 19.9. The highest BCUT2D eigenvalue weighted by Crippen LogP contribution is 2.45. The monoisotopic (exact) mass is 1120 g/mol. The van der Waals surface area contributed by atoms with Gasteiger partial charge in [-0.1, -0.05) is 49.4 Å². The molecule has 0 spiro atoms. The zero-order valence-corrected chi connectivity index (χ0v) is 47.1. The largest absolute Gasteiger partial charge is 0.380 e. The fourth-order valence-corrected chi connectivity index (χ4v) is 14.5. The number of sulfone groups is 2. The van der Waals surface area contributed by atoms with Crippen LogP contribution in [0.15, 0.2) is 135 Å². The summed E-state index contributed by atoms with van der Waals surface area (Å²) >= 11 is 7.96. The Kier molecular flexibility index (Phi) is 18.5. The van der Waals surface area contributed by atoms with Crippen LogP contribution >= 0.6 is 23.4 Å². The van der Waals surface area contributed by atoms with Gasteiger partial charge in [0.05, 0.1) is 26.1 Å². The molecule has 2 aliphatic heterocycles. The second kappa shape index (κ2) is 24.1. The van der Waals surface area contributed by atoms with Crippen molar-refractivity contribution in [2.75, 3.05) is 97.0 Å². The van der Waals surface area contributed by atoms with Gasteiger partial charge in [-0.15, -0.1) is 11.8 Å². The molecule has 2 N–H and O–H groups in total. The first kappa shape index (κ1) is 57.6. The number of anilines is 4. The minimum Gasteiger partial charge on any atom is -0.380 e. The zero-order chi connectivity index (χ0) is 53.1. The van der Waals surface area contributed by atoms with Crippen molar-refractivity contribution in [1.29, 1.82) is 0 Å². The maximum absolute atomic E-state index is 15.8. The summed E-state index contributed by atoms with van der Waals surface area (Å²) in [4.78, 5) is 10.1. The number of piperazine rings is 2. The Hall–Kier alpha value is -5.08. The third-order valence-corrected chi connectivity index (χ3v) is 19.0. The topological polar surface area (TPSA) is 144 Å². The van der Waals surface area contributed by atoms with Crippen molar-refractivity contribution in [1.82, 2.24) is 14.4 Å². The first-order chi connectivity index (χ1) is 35.0. The van der Waals surface area contributed by atoms with Crippen molar-refractivity contribution >= 4 is 75.8 Å². The molecule has 3 heterocycles. The van der Waals surface area contributed by atoms with Gasteiger partial charge in [-0.2, -0.15) is 0 Å². The van der Waals surface area contributed by atoms with Crippen LogP contribution in [0.3, 0.4) is 0 Å². The molecule has 5 aromatic carbocycles. The van der Waals surface area contributed by atoms with E-state index in [2.05, 4.69) is 55.6 Å². The molecular weight excluding hydrogens is 1050 g/mol. The fourth-order valence-electron chi connectivity index (χ4n) is 10.1. The molecule has 0 amide bonds. The van der Waals surface area contributed by atoms with Gasteiger partial charge in [-0.25, -0.2) is 29.6 Å². The van der Waals surface area contributed by atoms with E-state index in [1.165, 1.54) is 30.5 Å². The Morgan fingerprint density at radius 3 is 1.89 bits per heavy atom. The lowest BCUT2D eigenvalue weighted by Gasteiger charge is -2.37. The lowest BCUT2D eigenvalue weighted by molar-refractivity contribution is 0.107. The molecule has 0 radical (unpaired) electrons. The Labute approximate surface area is 454 Å². The molecule has 6 aromatic rings. The molecule has 2 fully saturated rings. The van der Waals surface area contributed by atoms with Gasteiger partial charge in [0, 0.05) is 134 Å². The quantitative estimate of drug-likeness (QED) is 0.0745. The van der Waals surface area contributed by atoms with Crippen LogP contribution in [-0.2, 0) is 29.7 Å². The number of sulfonamides is 1. The van der Waals surface area contributed by atoms with Crippen molar-refractivity contribution in [3.05, 3.63) is 132 Å². The minimum absolute atomic E-state index is 0. The van der Waals surface area contributed by atoms with Gasteiger partial charge >= 0.3 is 0 Å². The van der Waals surface area contributed by atoms with E-state index < -0.39 is 35.5 Å². The standard InChI is InChI=1S/C55H67ClFN7O6S4.CH4/c1-38(2)61-27-25-60(26-28-61)24-23-46(37-71-49-11-9-8-10-12-49)58-51-22-21-50(36-52(51)72(6,65)66)74(69,70)59-45-17-19-47(20-18-45)62-29-31-63(32-30-62)48-34-42(33-44(57)35-48)53-54(41-13-15-43(56)16-14-41)64(39(3)4)40(5)55(53)73(7,67)68;/h8-22,33-36,38-39,46,58-59H,23-32,37H2,1-7H3;1H4/t46-;/m1./s1. The minimum atomic E-state index is -4.21. The molecule has 404 valence electrons. The first-order valence-electron chi connectivity index (χ1n) is 24.9. The van der Waals surface area contributed by atoms with Crippen molar-refractivity contribution in [2.45, 2.75) is 86.2 Å². The molecule has 1 aromatic heterocycles. The van der Waals surface area contributed by atoms with E-state index >= 15 is 4.39 Å². The number of nitrogens with one attached hydrogen (secondary N) is 2. The van der Waals surface area contributed by atoms with Crippen molar-refractivity contribution in [3.8, 4) is 22.4 Å². The van der Waals surface area contributed by atoms with Gasteiger partial charge in [0.2, 0.25) is 0 Å². The van der Waals surface area contributed by atoms with Crippen LogP contribution in [0.2, 0.25) is 5.02 Å². The molecule has 13 nitrogen and oxygen atoms in total. The van der Waals surface area contributed by atoms with E-state index in [4.69, 9.17) is 11.6 Å². The summed E-state index contributed by atoms with van der Waals surface area (Å²) in [5.41, 5.74) is 5.03. The van der Waals surface area contributed by atoms with Crippen molar-refractivity contribution < 1.29 is 29.6 Å². The van der Waals surface area contributed by atoms with Crippen LogP contribution in [0.4, 0.5) is 27.1 Å². The Balaban J connectivity index is 0.00000820. The summed E-state index contributed by atoms with van der Waals surface area (Å²) in [6.45, 7) is 17.2. The van der Waals surface area contributed by atoms with E-state index in [0.717, 1.165) is 61.5 Å². The molecule has 2 saturated heterocycles. The first-order valence-corrected chi connectivity index (χ1v) is 31.6. The third kappa shape index (κ3) is 13.9. The van der Waals surface area contributed by atoms with Crippen LogP contribution < -0.4 is 19.8 Å². The Bertz CT molecular complexity index is 3270. The van der Waals surface area contributed by atoms with Gasteiger partial charge in [0.15, 0.2) is 19.7 Å². The van der Waals surface area contributed by atoms with Crippen molar-refractivity contribution in [2.24, 2.45) is 0 Å². The molecule has 0 unspecified atom stereocenters. The fraction of sp³-hybridized carbons (Fsp3) is 0.393. The predicted octanol–water partition coefficient (Wildman–Crippen LogP) is 11.1. The summed E-state index contributed by atoms with van der Waals surface area (Å²) in [5.74, 6) is 0.186. The van der Waals surface area contributed by atoms with E-state index in [1.54, 1.807) is 49.0 Å². The summed E-state index contributed by atoms with van der Waals surface area (Å²) in [7, 11) is -11.8. The molecule has 8 rings (SSSR count). The summed E-state index contributed by atoms with van der Waals surface area (Å²) in [6.07, 6.45) is 3.04. The normalized spacial score (nSPS) is 15.6. The number of rotatable bonds is 19. The van der Waals surface area contributed by atoms with Gasteiger partial charge in [0.1, 0.15) is 5.82 Å². The average molecular weight is 1120 g/mol. The number of hydrogen-bond donors (Lipinski definition) is 2. The number of halogens is 2. The number of thioether (sulfide) groups is 1. The van der Waals surface area contributed by atoms with E-state index in [9.17, 15) is 25.3 Å². The van der Waals surface area contributed by atoms with Gasteiger partial charge in [0.25, 0.3) is 10.0 Å². The number of aromatic nitrogens is 1. The van der Waals surface area contributed by atoms with Crippen LogP contribution in [0.1, 0.15) is 53.3 Å². The highest BCUT2D eigenvalue weighted by Gasteiger charge is 2.31. The number of nitrogens with zero attached hydrogens (tertiary/aromatic N) is 5. The third-order valence-electron chi connectivity index (χ3n) is 13.8. The maximum atomic E-state index is 15.8.